The molecule has 1 N–H and O–H groups in total. The molecule has 0 bridgehead atoms. The molecule has 0 amide bonds. The van der Waals surface area contributed by atoms with Crippen LogP contribution in [0.3, 0.4) is 0 Å². The first-order valence-electron chi connectivity index (χ1n) is 12.5. The summed E-state index contributed by atoms with van der Waals surface area (Å²) >= 11 is 1.47. The Bertz CT molecular complexity index is 1970. The Morgan fingerprint density at radius 3 is 2.62 bits per heavy atom. The van der Waals surface area contributed by atoms with Crippen molar-refractivity contribution in [3.05, 3.63) is 120 Å². The molecule has 4 heterocycles. The van der Waals surface area contributed by atoms with Gasteiger partial charge in [-0.3, -0.25) is 4.98 Å². The molecular formula is C30H22N4O3S2. The minimum atomic E-state index is -3.85. The lowest BCUT2D eigenvalue weighted by Gasteiger charge is -2.24. The van der Waals surface area contributed by atoms with Crippen LogP contribution in [0.25, 0.3) is 32.9 Å². The number of benzene rings is 2. The quantitative estimate of drug-likeness (QED) is 0.298. The second kappa shape index (κ2) is 8.94. The van der Waals surface area contributed by atoms with Gasteiger partial charge in [-0.15, -0.1) is 11.3 Å². The number of fused-ring (bicyclic) bond motifs is 2. The number of thiazole rings is 1. The first-order chi connectivity index (χ1) is 18.9. The third-order valence-corrected chi connectivity index (χ3v) is 9.79. The molecule has 192 valence electrons. The van der Waals surface area contributed by atoms with E-state index >= 15 is 0 Å². The van der Waals surface area contributed by atoms with Crippen molar-refractivity contribution >= 4 is 32.4 Å². The van der Waals surface area contributed by atoms with Crippen LogP contribution in [0.4, 0.5) is 0 Å². The summed E-state index contributed by atoms with van der Waals surface area (Å²) < 4.78 is 28.2. The first-order valence-corrected chi connectivity index (χ1v) is 14.8. The summed E-state index contributed by atoms with van der Waals surface area (Å²) in [4.78, 5) is 14.0. The third-order valence-electron chi connectivity index (χ3n) is 7.24. The van der Waals surface area contributed by atoms with E-state index in [1.54, 1.807) is 55.0 Å². The van der Waals surface area contributed by atoms with E-state index in [9.17, 15) is 13.5 Å². The second-order valence-corrected chi connectivity index (χ2v) is 12.2. The Morgan fingerprint density at radius 1 is 0.923 bits per heavy atom. The zero-order valence-corrected chi connectivity index (χ0v) is 22.2. The third kappa shape index (κ3) is 3.81. The highest BCUT2D eigenvalue weighted by molar-refractivity contribution is 7.90. The summed E-state index contributed by atoms with van der Waals surface area (Å²) in [6, 6.07) is 23.7. The lowest BCUT2D eigenvalue weighted by molar-refractivity contribution is 0.0788. The van der Waals surface area contributed by atoms with Crippen molar-refractivity contribution in [3.8, 4) is 21.8 Å². The summed E-state index contributed by atoms with van der Waals surface area (Å²) in [7, 11) is -3.85. The molecule has 0 spiro atoms. The molecule has 2 aromatic carbocycles. The molecule has 7 nitrogen and oxygen atoms in total. The standard InChI is InChI=1S/C30H22N4O3S2/c35-30(14-13-20-8-5-15-31-27(20)30)22-9-4-7-21(17-22)29-33-26(19-38-29)25-18-34(28-24(25)12-6-16-32-28)39(36,37)23-10-2-1-3-11-23/h1-12,15-19,35H,13-14H2/t30-/m1/s1. The van der Waals surface area contributed by atoms with Crippen molar-refractivity contribution in [1.29, 1.82) is 0 Å². The predicted octanol–water partition coefficient (Wildman–Crippen LogP) is 5.64. The fraction of sp³-hybridized carbons (Fsp3) is 0.100. The topological polar surface area (TPSA) is 98.0 Å². The Labute approximate surface area is 229 Å². The van der Waals surface area contributed by atoms with Gasteiger partial charge in [0, 0.05) is 40.5 Å². The Morgan fingerprint density at radius 2 is 1.74 bits per heavy atom. The van der Waals surface area contributed by atoms with E-state index < -0.39 is 15.6 Å². The van der Waals surface area contributed by atoms with Gasteiger partial charge in [0.25, 0.3) is 10.0 Å². The van der Waals surface area contributed by atoms with Crippen LogP contribution >= 0.6 is 11.3 Å². The molecule has 0 radical (unpaired) electrons. The molecule has 0 saturated carbocycles. The molecule has 0 fully saturated rings. The van der Waals surface area contributed by atoms with E-state index in [0.29, 0.717) is 34.4 Å². The maximum atomic E-state index is 13.5. The molecule has 1 aliphatic rings. The highest BCUT2D eigenvalue weighted by atomic mass is 32.2. The van der Waals surface area contributed by atoms with E-state index in [4.69, 9.17) is 4.98 Å². The zero-order valence-electron chi connectivity index (χ0n) is 20.6. The van der Waals surface area contributed by atoms with Gasteiger partial charge < -0.3 is 5.11 Å². The van der Waals surface area contributed by atoms with E-state index in [1.807, 2.05) is 47.8 Å². The van der Waals surface area contributed by atoms with Crippen molar-refractivity contribution in [2.45, 2.75) is 23.3 Å². The number of hydrogen-bond donors (Lipinski definition) is 1. The van der Waals surface area contributed by atoms with Crippen LogP contribution in [0.2, 0.25) is 0 Å². The van der Waals surface area contributed by atoms with Crippen LogP contribution in [0.15, 0.2) is 108 Å². The van der Waals surface area contributed by atoms with E-state index in [1.165, 1.54) is 15.3 Å². The molecule has 6 aromatic rings. The lowest BCUT2D eigenvalue weighted by Crippen LogP contribution is -2.25. The number of pyridine rings is 2. The number of aromatic nitrogens is 4. The number of hydrogen-bond acceptors (Lipinski definition) is 7. The molecule has 0 aliphatic heterocycles. The molecule has 0 unspecified atom stereocenters. The summed E-state index contributed by atoms with van der Waals surface area (Å²) in [6.45, 7) is 0. The largest absolute Gasteiger partial charge is 0.379 e. The summed E-state index contributed by atoms with van der Waals surface area (Å²) in [5, 5.41) is 15.0. The minimum Gasteiger partial charge on any atom is -0.379 e. The molecular weight excluding hydrogens is 528 g/mol. The predicted molar refractivity (Wildman–Crippen MR) is 151 cm³/mol. The van der Waals surface area contributed by atoms with E-state index in [0.717, 1.165) is 28.1 Å². The van der Waals surface area contributed by atoms with E-state index in [-0.39, 0.29) is 4.90 Å². The second-order valence-electron chi connectivity index (χ2n) is 9.52. The molecule has 7 rings (SSSR count). The average molecular weight is 551 g/mol. The molecule has 0 saturated heterocycles. The fourth-order valence-electron chi connectivity index (χ4n) is 5.29. The monoisotopic (exact) mass is 550 g/mol. The van der Waals surface area contributed by atoms with Crippen LogP contribution in [-0.2, 0) is 22.0 Å². The summed E-state index contributed by atoms with van der Waals surface area (Å²) in [5.74, 6) is 0. The van der Waals surface area contributed by atoms with Crippen LogP contribution < -0.4 is 0 Å². The van der Waals surface area contributed by atoms with Crippen LogP contribution in [0.1, 0.15) is 23.2 Å². The molecule has 4 aromatic heterocycles. The molecule has 39 heavy (non-hydrogen) atoms. The normalized spacial score (nSPS) is 16.9. The Kier molecular flexibility index (Phi) is 5.48. The molecule has 1 atom stereocenters. The zero-order chi connectivity index (χ0) is 26.6. The maximum absolute atomic E-state index is 13.5. The van der Waals surface area contributed by atoms with Gasteiger partial charge in [0.1, 0.15) is 10.6 Å². The van der Waals surface area contributed by atoms with Gasteiger partial charge in [0.05, 0.1) is 16.3 Å². The van der Waals surface area contributed by atoms with Gasteiger partial charge in [0.2, 0.25) is 0 Å². The average Bonchev–Trinajstić information content (AvgIpc) is 3.70. The van der Waals surface area contributed by atoms with Crippen LogP contribution in [0, 0.1) is 0 Å². The van der Waals surface area contributed by atoms with Crippen molar-refractivity contribution in [3.63, 3.8) is 0 Å². The fourth-order valence-corrected chi connectivity index (χ4v) is 7.45. The smallest absolute Gasteiger partial charge is 0.269 e. The van der Waals surface area contributed by atoms with Gasteiger partial charge in [-0.25, -0.2) is 22.4 Å². The van der Waals surface area contributed by atoms with Crippen molar-refractivity contribution in [1.82, 2.24) is 18.9 Å². The van der Waals surface area contributed by atoms with Crippen molar-refractivity contribution in [2.75, 3.05) is 0 Å². The minimum absolute atomic E-state index is 0.191. The number of rotatable bonds is 5. The first kappa shape index (κ1) is 23.9. The van der Waals surface area contributed by atoms with Gasteiger partial charge in [-0.2, -0.15) is 0 Å². The van der Waals surface area contributed by atoms with Gasteiger partial charge in [-0.05, 0) is 60.4 Å². The molecule has 1 aliphatic carbocycles. The number of aliphatic hydroxyl groups is 1. The number of nitrogens with zero attached hydrogens (tertiary/aromatic N) is 4. The van der Waals surface area contributed by atoms with Gasteiger partial charge in [0.15, 0.2) is 5.65 Å². The maximum Gasteiger partial charge on any atom is 0.269 e. The van der Waals surface area contributed by atoms with Crippen molar-refractivity contribution in [2.24, 2.45) is 0 Å². The highest BCUT2D eigenvalue weighted by Gasteiger charge is 2.39. The summed E-state index contributed by atoms with van der Waals surface area (Å²) in [5.41, 5.74) is 3.99. The van der Waals surface area contributed by atoms with Gasteiger partial charge >= 0.3 is 0 Å². The Hall–Kier alpha value is -4.18. The van der Waals surface area contributed by atoms with Crippen molar-refractivity contribution < 1.29 is 13.5 Å². The van der Waals surface area contributed by atoms with Crippen LogP contribution in [-0.4, -0.2) is 32.4 Å². The Balaban J connectivity index is 1.30. The van der Waals surface area contributed by atoms with Crippen LogP contribution in [0.5, 0.6) is 0 Å². The number of aryl methyl sites for hydroxylation is 1. The van der Waals surface area contributed by atoms with Gasteiger partial charge in [-0.1, -0.05) is 42.5 Å². The van der Waals surface area contributed by atoms with E-state index in [2.05, 4.69) is 9.97 Å². The highest BCUT2D eigenvalue weighted by Crippen LogP contribution is 2.42. The SMILES string of the molecule is O=S(=O)(c1ccccc1)n1cc(-c2csc(-c3cccc([C@]4(O)CCc5cccnc54)c3)n2)c2cccnc21. The molecule has 9 heteroatoms. The summed E-state index contributed by atoms with van der Waals surface area (Å²) in [6.07, 6.45) is 6.25. The lowest BCUT2D eigenvalue weighted by atomic mass is 9.90.